The van der Waals surface area contributed by atoms with Gasteiger partial charge in [0.25, 0.3) is 0 Å². The highest BCUT2D eigenvalue weighted by Crippen LogP contribution is 2.19. The van der Waals surface area contributed by atoms with E-state index in [4.69, 9.17) is 9.72 Å². The Kier molecular flexibility index (Phi) is 5.56. The number of imidazole rings is 1. The summed E-state index contributed by atoms with van der Waals surface area (Å²) in [6.07, 6.45) is 0. The molecule has 146 valence electrons. The van der Waals surface area contributed by atoms with Crippen LogP contribution in [0.15, 0.2) is 84.9 Å². The number of amides is 1. The van der Waals surface area contributed by atoms with E-state index in [2.05, 4.69) is 0 Å². The molecule has 0 N–H and O–H groups in total. The van der Waals surface area contributed by atoms with E-state index in [1.54, 1.807) is 4.90 Å². The van der Waals surface area contributed by atoms with Gasteiger partial charge < -0.3 is 14.2 Å². The average Bonchev–Trinajstić information content (AvgIpc) is 3.11. The van der Waals surface area contributed by atoms with Crippen LogP contribution in [0, 0.1) is 0 Å². The molecule has 3 aromatic carbocycles. The molecule has 0 spiro atoms. The van der Waals surface area contributed by atoms with Crippen LogP contribution in [0.2, 0.25) is 0 Å². The monoisotopic (exact) mass is 385 g/mol. The average molecular weight is 385 g/mol. The van der Waals surface area contributed by atoms with E-state index in [-0.39, 0.29) is 12.5 Å². The molecule has 1 aromatic heterocycles. The van der Waals surface area contributed by atoms with Crippen molar-refractivity contribution in [3.8, 4) is 5.75 Å². The Morgan fingerprint density at radius 2 is 1.59 bits per heavy atom. The number of nitrogens with zero attached hydrogens (tertiary/aromatic N) is 3. The second-order valence-electron chi connectivity index (χ2n) is 6.94. The summed E-state index contributed by atoms with van der Waals surface area (Å²) in [6.45, 7) is 1.09. The number of benzene rings is 3. The minimum Gasteiger partial charge on any atom is -0.486 e. The van der Waals surface area contributed by atoms with Gasteiger partial charge in [-0.2, -0.15) is 0 Å². The summed E-state index contributed by atoms with van der Waals surface area (Å²) >= 11 is 0. The van der Waals surface area contributed by atoms with Crippen molar-refractivity contribution >= 4 is 16.9 Å². The van der Waals surface area contributed by atoms with Crippen molar-refractivity contribution in [3.63, 3.8) is 0 Å². The molecule has 0 aliphatic heterocycles. The standard InChI is InChI=1S/C24H23N3O2/c1-26(16-19-10-4-2-5-11-19)24(28)17-27-22-15-9-8-14-21(22)25-23(27)18-29-20-12-6-3-7-13-20/h2-15H,16-18H2,1H3. The van der Waals surface area contributed by atoms with Crippen molar-refractivity contribution in [1.82, 2.24) is 14.5 Å². The summed E-state index contributed by atoms with van der Waals surface area (Å²) in [7, 11) is 1.83. The van der Waals surface area contributed by atoms with Gasteiger partial charge in [0.2, 0.25) is 5.91 Å². The van der Waals surface area contributed by atoms with E-state index in [0.29, 0.717) is 13.2 Å². The van der Waals surface area contributed by atoms with Gasteiger partial charge in [-0.15, -0.1) is 0 Å². The molecule has 0 fully saturated rings. The number of para-hydroxylation sites is 3. The first-order valence-electron chi connectivity index (χ1n) is 9.60. The first kappa shape index (κ1) is 18.7. The first-order valence-corrected chi connectivity index (χ1v) is 9.60. The fourth-order valence-corrected chi connectivity index (χ4v) is 3.28. The molecule has 0 radical (unpaired) electrons. The summed E-state index contributed by atoms with van der Waals surface area (Å²) in [5, 5.41) is 0. The smallest absolute Gasteiger partial charge is 0.242 e. The zero-order valence-electron chi connectivity index (χ0n) is 16.4. The van der Waals surface area contributed by atoms with Crippen LogP contribution in [0.25, 0.3) is 11.0 Å². The predicted molar refractivity (Wildman–Crippen MR) is 113 cm³/mol. The minimum atomic E-state index is 0.0259. The normalized spacial score (nSPS) is 10.8. The Bertz CT molecular complexity index is 1090. The number of hydrogen-bond donors (Lipinski definition) is 0. The molecule has 1 heterocycles. The molecule has 5 heteroatoms. The van der Waals surface area contributed by atoms with E-state index < -0.39 is 0 Å². The van der Waals surface area contributed by atoms with Crippen LogP contribution in [-0.2, 0) is 24.5 Å². The molecule has 0 bridgehead atoms. The lowest BCUT2D eigenvalue weighted by Gasteiger charge is -2.19. The number of ether oxygens (including phenoxy) is 1. The lowest BCUT2D eigenvalue weighted by Crippen LogP contribution is -2.30. The van der Waals surface area contributed by atoms with Gasteiger partial charge in [0.15, 0.2) is 0 Å². The third-order valence-corrected chi connectivity index (χ3v) is 4.83. The molecular formula is C24H23N3O2. The minimum absolute atomic E-state index is 0.0259. The summed E-state index contributed by atoms with van der Waals surface area (Å²) in [6, 6.07) is 27.5. The zero-order valence-corrected chi connectivity index (χ0v) is 16.4. The van der Waals surface area contributed by atoms with Gasteiger partial charge in [-0.3, -0.25) is 4.79 Å². The van der Waals surface area contributed by atoms with Crippen LogP contribution in [-0.4, -0.2) is 27.4 Å². The molecule has 0 unspecified atom stereocenters. The van der Waals surface area contributed by atoms with E-state index in [9.17, 15) is 4.79 Å². The Balaban J connectivity index is 1.54. The zero-order chi connectivity index (χ0) is 20.1. The molecule has 4 rings (SSSR count). The highest BCUT2D eigenvalue weighted by molar-refractivity contribution is 5.81. The van der Waals surface area contributed by atoms with Crippen molar-refractivity contribution in [3.05, 3.63) is 96.3 Å². The lowest BCUT2D eigenvalue weighted by atomic mass is 10.2. The topological polar surface area (TPSA) is 47.4 Å². The molecule has 0 saturated heterocycles. The molecule has 29 heavy (non-hydrogen) atoms. The second kappa shape index (κ2) is 8.61. The summed E-state index contributed by atoms with van der Waals surface area (Å²) in [5.74, 6) is 1.54. The van der Waals surface area contributed by atoms with E-state index in [1.807, 2.05) is 96.5 Å². The number of carbonyl (C=O) groups is 1. The molecule has 4 aromatic rings. The van der Waals surface area contributed by atoms with Crippen molar-refractivity contribution in [2.45, 2.75) is 19.7 Å². The Hall–Kier alpha value is -3.60. The fourth-order valence-electron chi connectivity index (χ4n) is 3.28. The van der Waals surface area contributed by atoms with Gasteiger partial charge in [0, 0.05) is 13.6 Å². The lowest BCUT2D eigenvalue weighted by molar-refractivity contribution is -0.131. The third-order valence-electron chi connectivity index (χ3n) is 4.83. The van der Waals surface area contributed by atoms with Crippen LogP contribution in [0.5, 0.6) is 5.75 Å². The second-order valence-corrected chi connectivity index (χ2v) is 6.94. The molecule has 1 amide bonds. The Morgan fingerprint density at radius 3 is 2.34 bits per heavy atom. The van der Waals surface area contributed by atoms with Crippen molar-refractivity contribution in [2.24, 2.45) is 0 Å². The largest absolute Gasteiger partial charge is 0.486 e. The summed E-state index contributed by atoms with van der Waals surface area (Å²) < 4.78 is 7.84. The number of rotatable bonds is 7. The molecule has 0 aliphatic carbocycles. The van der Waals surface area contributed by atoms with E-state index in [0.717, 1.165) is 28.2 Å². The van der Waals surface area contributed by atoms with Gasteiger partial charge in [0.1, 0.15) is 24.7 Å². The van der Waals surface area contributed by atoms with E-state index >= 15 is 0 Å². The van der Waals surface area contributed by atoms with Gasteiger partial charge in [0.05, 0.1) is 11.0 Å². The molecule has 5 nitrogen and oxygen atoms in total. The number of fused-ring (bicyclic) bond motifs is 1. The quantitative estimate of drug-likeness (QED) is 0.477. The van der Waals surface area contributed by atoms with Crippen LogP contribution in [0.1, 0.15) is 11.4 Å². The Morgan fingerprint density at radius 1 is 0.931 bits per heavy atom. The maximum absolute atomic E-state index is 12.9. The van der Waals surface area contributed by atoms with Crippen LogP contribution >= 0.6 is 0 Å². The molecule has 0 saturated carbocycles. The summed E-state index contributed by atoms with van der Waals surface area (Å²) in [4.78, 5) is 19.4. The maximum Gasteiger partial charge on any atom is 0.242 e. The number of aromatic nitrogens is 2. The molecule has 0 atom stereocenters. The summed E-state index contributed by atoms with van der Waals surface area (Å²) in [5.41, 5.74) is 2.89. The highest BCUT2D eigenvalue weighted by atomic mass is 16.5. The highest BCUT2D eigenvalue weighted by Gasteiger charge is 2.16. The fraction of sp³-hybridized carbons (Fsp3) is 0.167. The van der Waals surface area contributed by atoms with Crippen LogP contribution in [0.3, 0.4) is 0 Å². The predicted octanol–water partition coefficient (Wildman–Crippen LogP) is 4.27. The van der Waals surface area contributed by atoms with Crippen LogP contribution in [0.4, 0.5) is 0 Å². The number of likely N-dealkylation sites (N-methyl/N-ethyl adjacent to an activating group) is 1. The number of hydrogen-bond acceptors (Lipinski definition) is 3. The van der Waals surface area contributed by atoms with Crippen molar-refractivity contribution in [2.75, 3.05) is 7.05 Å². The third kappa shape index (κ3) is 4.46. The van der Waals surface area contributed by atoms with Gasteiger partial charge >= 0.3 is 0 Å². The van der Waals surface area contributed by atoms with Crippen LogP contribution < -0.4 is 4.74 Å². The van der Waals surface area contributed by atoms with Gasteiger partial charge in [-0.1, -0.05) is 60.7 Å². The molecular weight excluding hydrogens is 362 g/mol. The van der Waals surface area contributed by atoms with Crippen molar-refractivity contribution in [1.29, 1.82) is 0 Å². The van der Waals surface area contributed by atoms with Crippen molar-refractivity contribution < 1.29 is 9.53 Å². The van der Waals surface area contributed by atoms with Gasteiger partial charge in [-0.25, -0.2) is 4.98 Å². The maximum atomic E-state index is 12.9. The van der Waals surface area contributed by atoms with E-state index in [1.165, 1.54) is 0 Å². The number of carbonyl (C=O) groups excluding carboxylic acids is 1. The van der Waals surface area contributed by atoms with Gasteiger partial charge in [-0.05, 0) is 29.8 Å². The first-order chi connectivity index (χ1) is 14.2. The molecule has 0 aliphatic rings. The SMILES string of the molecule is CN(Cc1ccccc1)C(=O)Cn1c(COc2ccccc2)nc2ccccc21. The Labute approximate surface area is 170 Å².